The lowest BCUT2D eigenvalue weighted by Crippen LogP contribution is -2.04. The Morgan fingerprint density at radius 3 is 2.74 bits per heavy atom. The molecule has 2 aromatic carbocycles. The predicted molar refractivity (Wildman–Crippen MR) is 77.8 cm³/mol. The average molecular weight is 345 g/mol. The number of nitrogens with two attached hydrogens (primary N) is 1. The largest absolute Gasteiger partial charge is 0.488 e. The molecule has 0 aromatic heterocycles. The van der Waals surface area contributed by atoms with Crippen molar-refractivity contribution in [2.45, 2.75) is 13.2 Å². The first kappa shape index (κ1) is 14.3. The highest BCUT2D eigenvalue weighted by molar-refractivity contribution is 9.10. The van der Waals surface area contributed by atoms with E-state index in [1.165, 1.54) is 6.07 Å². The van der Waals surface area contributed by atoms with Crippen LogP contribution in [0.25, 0.3) is 0 Å². The summed E-state index contributed by atoms with van der Waals surface area (Å²) in [6.45, 7) is 0.407. The summed E-state index contributed by atoms with van der Waals surface area (Å²) in [6, 6.07) is 10.1. The fraction of sp³-hybridized carbons (Fsp3) is 0.143. The van der Waals surface area contributed by atoms with Gasteiger partial charge in [-0.1, -0.05) is 39.7 Å². The van der Waals surface area contributed by atoms with Crippen LogP contribution in [-0.4, -0.2) is 0 Å². The quantitative estimate of drug-likeness (QED) is 0.898. The normalized spacial score (nSPS) is 10.5. The van der Waals surface area contributed by atoms with Gasteiger partial charge in [-0.2, -0.15) is 0 Å². The second-order valence-corrected chi connectivity index (χ2v) is 5.27. The molecule has 0 aliphatic heterocycles. The van der Waals surface area contributed by atoms with E-state index in [9.17, 15) is 4.39 Å². The van der Waals surface area contributed by atoms with Gasteiger partial charge in [-0.3, -0.25) is 0 Å². The molecule has 19 heavy (non-hydrogen) atoms. The van der Waals surface area contributed by atoms with Gasteiger partial charge < -0.3 is 10.5 Å². The zero-order valence-corrected chi connectivity index (χ0v) is 12.3. The lowest BCUT2D eigenvalue weighted by Gasteiger charge is -2.12. The fourth-order valence-electron chi connectivity index (χ4n) is 1.67. The van der Waals surface area contributed by atoms with E-state index < -0.39 is 0 Å². The third-order valence-corrected chi connectivity index (χ3v) is 3.53. The molecule has 2 nitrogen and oxygen atoms in total. The smallest absolute Gasteiger partial charge is 0.130 e. The second kappa shape index (κ2) is 6.37. The van der Waals surface area contributed by atoms with Gasteiger partial charge in [-0.25, -0.2) is 4.39 Å². The third kappa shape index (κ3) is 3.47. The van der Waals surface area contributed by atoms with Crippen molar-refractivity contribution in [2.24, 2.45) is 5.73 Å². The predicted octanol–water partition coefficient (Wildman–Crippen LogP) is 4.28. The molecule has 0 saturated carbocycles. The van der Waals surface area contributed by atoms with E-state index in [0.29, 0.717) is 20.8 Å². The van der Waals surface area contributed by atoms with Gasteiger partial charge in [-0.15, -0.1) is 0 Å². The molecule has 2 aromatic rings. The molecule has 2 rings (SSSR count). The molecule has 2 N–H and O–H groups in total. The summed E-state index contributed by atoms with van der Waals surface area (Å²) >= 11 is 9.23. The maximum atomic E-state index is 13.7. The maximum Gasteiger partial charge on any atom is 0.130 e. The minimum atomic E-state index is -0.314. The van der Waals surface area contributed by atoms with Gasteiger partial charge in [0.1, 0.15) is 18.2 Å². The van der Waals surface area contributed by atoms with Crippen molar-refractivity contribution < 1.29 is 9.13 Å². The van der Waals surface area contributed by atoms with Gasteiger partial charge >= 0.3 is 0 Å². The molecule has 5 heteroatoms. The summed E-state index contributed by atoms with van der Waals surface area (Å²) in [7, 11) is 0. The molecule has 0 aliphatic carbocycles. The number of halogens is 3. The van der Waals surface area contributed by atoms with Crippen LogP contribution in [0.5, 0.6) is 5.75 Å². The van der Waals surface area contributed by atoms with Crippen LogP contribution in [0.1, 0.15) is 11.1 Å². The molecule has 0 unspecified atom stereocenters. The molecular weight excluding hydrogens is 333 g/mol. The van der Waals surface area contributed by atoms with Crippen LogP contribution in [-0.2, 0) is 13.2 Å². The number of ether oxygens (including phenoxy) is 1. The minimum Gasteiger partial charge on any atom is -0.488 e. The van der Waals surface area contributed by atoms with E-state index in [-0.39, 0.29) is 19.0 Å². The Hall–Kier alpha value is -1.10. The topological polar surface area (TPSA) is 35.2 Å². The first-order valence-electron chi connectivity index (χ1n) is 5.66. The zero-order chi connectivity index (χ0) is 13.8. The molecule has 0 bridgehead atoms. The molecule has 100 valence electrons. The molecule has 0 spiro atoms. The monoisotopic (exact) mass is 343 g/mol. The van der Waals surface area contributed by atoms with Crippen molar-refractivity contribution in [3.05, 3.63) is 62.8 Å². The lowest BCUT2D eigenvalue weighted by molar-refractivity contribution is 0.297. The van der Waals surface area contributed by atoms with Crippen LogP contribution in [0.2, 0.25) is 5.02 Å². The first-order valence-corrected chi connectivity index (χ1v) is 6.83. The summed E-state index contributed by atoms with van der Waals surface area (Å²) in [5.41, 5.74) is 6.83. The van der Waals surface area contributed by atoms with E-state index >= 15 is 0 Å². The molecule has 0 atom stereocenters. The Bertz CT molecular complexity index is 592. The SMILES string of the molecule is NCc1c(Cl)cccc1OCc1ccc(Br)cc1F. The first-order chi connectivity index (χ1) is 9.11. The molecule has 0 amide bonds. The Labute approximate surface area is 124 Å². The summed E-state index contributed by atoms with van der Waals surface area (Å²) < 4.78 is 19.9. The van der Waals surface area contributed by atoms with Gasteiger partial charge in [0.05, 0.1) is 0 Å². The van der Waals surface area contributed by atoms with Crippen LogP contribution in [0.4, 0.5) is 4.39 Å². The lowest BCUT2D eigenvalue weighted by atomic mass is 10.2. The van der Waals surface area contributed by atoms with Crippen LogP contribution in [0.3, 0.4) is 0 Å². The number of rotatable bonds is 4. The van der Waals surface area contributed by atoms with Crippen molar-refractivity contribution in [2.75, 3.05) is 0 Å². The molecule has 0 saturated heterocycles. The standard InChI is InChI=1S/C14H12BrClFNO/c15-10-5-4-9(13(17)6-10)8-19-14-3-1-2-12(16)11(14)7-18/h1-6H,7-8,18H2. The van der Waals surface area contributed by atoms with Crippen molar-refractivity contribution in [3.63, 3.8) is 0 Å². The average Bonchev–Trinajstić information content (AvgIpc) is 2.38. The number of hydrogen-bond acceptors (Lipinski definition) is 2. The van der Waals surface area contributed by atoms with Crippen LogP contribution in [0, 0.1) is 5.82 Å². The minimum absolute atomic E-state index is 0.131. The Balaban J connectivity index is 2.17. The van der Waals surface area contributed by atoms with E-state index in [2.05, 4.69) is 15.9 Å². The molecule has 0 aliphatic rings. The fourth-order valence-corrected chi connectivity index (χ4v) is 2.24. The van der Waals surface area contributed by atoms with Gasteiger partial charge in [-0.05, 0) is 24.3 Å². The van der Waals surface area contributed by atoms with E-state index in [1.54, 1.807) is 30.3 Å². The van der Waals surface area contributed by atoms with Crippen LogP contribution in [0.15, 0.2) is 40.9 Å². The van der Waals surface area contributed by atoms with Crippen molar-refractivity contribution in [3.8, 4) is 5.75 Å². The highest BCUT2D eigenvalue weighted by Crippen LogP contribution is 2.27. The number of benzene rings is 2. The highest BCUT2D eigenvalue weighted by Gasteiger charge is 2.08. The van der Waals surface area contributed by atoms with Crippen molar-refractivity contribution in [1.82, 2.24) is 0 Å². The van der Waals surface area contributed by atoms with E-state index in [4.69, 9.17) is 22.1 Å². The maximum absolute atomic E-state index is 13.7. The summed E-state index contributed by atoms with van der Waals surface area (Å²) in [4.78, 5) is 0. The summed E-state index contributed by atoms with van der Waals surface area (Å²) in [5, 5.41) is 0.552. The molecule has 0 fully saturated rings. The molecular formula is C14H12BrClFNO. The van der Waals surface area contributed by atoms with Gasteiger partial charge in [0.25, 0.3) is 0 Å². The number of hydrogen-bond donors (Lipinski definition) is 1. The van der Waals surface area contributed by atoms with Gasteiger partial charge in [0, 0.05) is 27.2 Å². The Morgan fingerprint density at radius 1 is 1.26 bits per heavy atom. The Morgan fingerprint density at radius 2 is 2.05 bits per heavy atom. The van der Waals surface area contributed by atoms with Crippen LogP contribution < -0.4 is 10.5 Å². The summed E-state index contributed by atoms with van der Waals surface area (Å²) in [5.74, 6) is 0.267. The zero-order valence-electron chi connectivity index (χ0n) is 10.00. The second-order valence-electron chi connectivity index (χ2n) is 3.95. The molecule has 0 heterocycles. The van der Waals surface area contributed by atoms with Crippen molar-refractivity contribution >= 4 is 27.5 Å². The summed E-state index contributed by atoms with van der Waals surface area (Å²) in [6.07, 6.45) is 0. The Kier molecular flexibility index (Phi) is 4.80. The molecule has 0 radical (unpaired) electrons. The van der Waals surface area contributed by atoms with Crippen LogP contribution >= 0.6 is 27.5 Å². The van der Waals surface area contributed by atoms with Gasteiger partial charge in [0.15, 0.2) is 0 Å². The van der Waals surface area contributed by atoms with E-state index in [1.807, 2.05) is 0 Å². The van der Waals surface area contributed by atoms with Gasteiger partial charge in [0.2, 0.25) is 0 Å². The highest BCUT2D eigenvalue weighted by atomic mass is 79.9. The van der Waals surface area contributed by atoms with Crippen molar-refractivity contribution in [1.29, 1.82) is 0 Å². The van der Waals surface area contributed by atoms with E-state index in [0.717, 1.165) is 5.56 Å². The third-order valence-electron chi connectivity index (χ3n) is 2.68.